The molecule has 0 saturated heterocycles. The summed E-state index contributed by atoms with van der Waals surface area (Å²) < 4.78 is 6.13. The fourth-order valence-electron chi connectivity index (χ4n) is 1.80. The molecule has 14 radical (unpaired) electrons. The Bertz CT molecular complexity index is 746. The molecule has 0 N–H and O–H groups in total. The highest BCUT2D eigenvalue weighted by Gasteiger charge is 2.15. The Morgan fingerprint density at radius 3 is 2.24 bits per heavy atom. The first-order valence-corrected chi connectivity index (χ1v) is 6.57. The van der Waals surface area contributed by atoms with Crippen LogP contribution in [-0.4, -0.2) is 54.9 Å². The van der Waals surface area contributed by atoms with Crippen LogP contribution in [-0.2, 0) is 0 Å². The van der Waals surface area contributed by atoms with Crippen LogP contribution < -0.4 is 16.4 Å². The first kappa shape index (κ1) is 16.5. The van der Waals surface area contributed by atoms with Crippen molar-refractivity contribution < 1.29 is 4.42 Å². The zero-order valence-electron chi connectivity index (χ0n) is 11.0. The SMILES string of the molecule is [B]/C=C([B])/C([B])=C(/[B])c1cc2c([B])c([B])c([B])c(Br)c2o1. The van der Waals surface area contributed by atoms with E-state index in [-0.39, 0.29) is 33.1 Å². The van der Waals surface area contributed by atoms with Gasteiger partial charge in [0.1, 0.15) is 66.3 Å². The summed E-state index contributed by atoms with van der Waals surface area (Å²) in [6, 6.07) is 1.61. The highest BCUT2D eigenvalue weighted by atomic mass is 79.9. The van der Waals surface area contributed by atoms with Crippen molar-refractivity contribution in [3.8, 4) is 0 Å². The van der Waals surface area contributed by atoms with E-state index in [0.29, 0.717) is 20.9 Å². The van der Waals surface area contributed by atoms with Gasteiger partial charge in [0.25, 0.3) is 0 Å². The van der Waals surface area contributed by atoms with Gasteiger partial charge in [-0.15, -0.1) is 22.4 Å². The molecule has 1 nitrogen and oxygen atoms in total. The molecule has 0 aliphatic heterocycles. The summed E-state index contributed by atoms with van der Waals surface area (Å²) in [5.74, 6) is 1.43. The molecule has 0 aliphatic carbocycles. The average Bonchev–Trinajstić information content (AvgIpc) is 2.93. The standard InChI is InChI=1S/C12H2B7BrO/c13-2-4(14)7(16)8(17)5-1-3-6(15)9(18)10(19)11(20)12(3)21-5/h1-2H/b4-2-,8-7-. The minimum atomic E-state index is 0.104. The third-order valence-electron chi connectivity index (χ3n) is 3.08. The fraction of sp³-hybridized carbons (Fsp3) is 0. The van der Waals surface area contributed by atoms with Gasteiger partial charge in [0.2, 0.25) is 0 Å². The summed E-state index contributed by atoms with van der Waals surface area (Å²) >= 11 is 3.31. The zero-order valence-corrected chi connectivity index (χ0v) is 12.6. The second-order valence-corrected chi connectivity index (χ2v) is 5.15. The van der Waals surface area contributed by atoms with E-state index >= 15 is 0 Å². The molecule has 0 atom stereocenters. The molecule has 0 bridgehead atoms. The van der Waals surface area contributed by atoms with E-state index in [0.717, 1.165) is 5.98 Å². The van der Waals surface area contributed by atoms with E-state index in [1.807, 2.05) is 0 Å². The van der Waals surface area contributed by atoms with Crippen LogP contribution in [0.4, 0.5) is 0 Å². The number of halogens is 1. The Hall–Kier alpha value is -0.825. The maximum absolute atomic E-state index is 5.93. The van der Waals surface area contributed by atoms with Gasteiger partial charge >= 0.3 is 0 Å². The molecule has 1 aromatic carbocycles. The van der Waals surface area contributed by atoms with E-state index in [1.54, 1.807) is 6.07 Å². The van der Waals surface area contributed by atoms with Gasteiger partial charge in [-0.25, -0.2) is 0 Å². The van der Waals surface area contributed by atoms with E-state index in [2.05, 4.69) is 15.9 Å². The van der Waals surface area contributed by atoms with E-state index < -0.39 is 0 Å². The van der Waals surface area contributed by atoms with Crippen LogP contribution >= 0.6 is 15.9 Å². The van der Waals surface area contributed by atoms with Gasteiger partial charge in [-0.3, -0.25) is 0 Å². The lowest BCUT2D eigenvalue weighted by Crippen LogP contribution is -2.39. The first-order chi connectivity index (χ1) is 9.79. The summed E-state index contributed by atoms with van der Waals surface area (Å²) in [6.07, 6.45) is 0. The number of fused-ring (bicyclic) bond motifs is 1. The summed E-state index contributed by atoms with van der Waals surface area (Å²) in [7, 11) is 40.2. The lowest BCUT2D eigenvalue weighted by Gasteiger charge is -2.09. The molecule has 0 fully saturated rings. The Labute approximate surface area is 141 Å². The molecule has 0 saturated carbocycles. The summed E-state index contributed by atoms with van der Waals surface area (Å²) in [5.41, 5.74) is 1.64. The van der Waals surface area contributed by atoms with Crippen molar-refractivity contribution in [2.24, 2.45) is 0 Å². The lowest BCUT2D eigenvalue weighted by atomic mass is 9.68. The molecule has 1 aromatic heterocycles. The highest BCUT2D eigenvalue weighted by Crippen LogP contribution is 2.28. The van der Waals surface area contributed by atoms with Gasteiger partial charge < -0.3 is 4.42 Å². The smallest absolute Gasteiger partial charge is 0.147 e. The van der Waals surface area contributed by atoms with Gasteiger partial charge in [-0.1, -0.05) is 16.4 Å². The van der Waals surface area contributed by atoms with E-state index in [1.165, 1.54) is 0 Å². The highest BCUT2D eigenvalue weighted by molar-refractivity contribution is 9.10. The van der Waals surface area contributed by atoms with Crippen molar-refractivity contribution in [3.63, 3.8) is 0 Å². The summed E-state index contributed by atoms with van der Waals surface area (Å²) in [4.78, 5) is 0. The third-order valence-corrected chi connectivity index (χ3v) is 3.87. The normalized spacial score (nSPS) is 13.5. The molecule has 9 heteroatoms. The molecule has 0 amide bonds. The number of hydrogen-bond donors (Lipinski definition) is 0. The summed E-state index contributed by atoms with van der Waals surface area (Å²) in [6.45, 7) is 0. The Balaban J connectivity index is 2.76. The third kappa shape index (κ3) is 2.77. The molecule has 2 aromatic rings. The number of hydrogen-bond acceptors (Lipinski definition) is 1. The predicted octanol–water partition coefficient (Wildman–Crippen LogP) is -1.24. The lowest BCUT2D eigenvalue weighted by molar-refractivity contribution is 0.601. The van der Waals surface area contributed by atoms with Crippen LogP contribution in [0.5, 0.6) is 0 Å². The van der Waals surface area contributed by atoms with Crippen LogP contribution in [0.1, 0.15) is 5.76 Å². The molecule has 84 valence electrons. The van der Waals surface area contributed by atoms with Gasteiger partial charge in [-0.05, 0) is 22.0 Å². The Morgan fingerprint density at radius 2 is 1.67 bits per heavy atom. The quantitative estimate of drug-likeness (QED) is 0.499. The second-order valence-electron chi connectivity index (χ2n) is 4.36. The zero-order chi connectivity index (χ0) is 15.9. The minimum Gasteiger partial charge on any atom is -0.456 e. The predicted molar refractivity (Wildman–Crippen MR) is 98.1 cm³/mol. The summed E-state index contributed by atoms with van der Waals surface area (Å²) in [5, 5.41) is 0.564. The largest absolute Gasteiger partial charge is 0.456 e. The van der Waals surface area contributed by atoms with Crippen molar-refractivity contribution in [1.82, 2.24) is 0 Å². The van der Waals surface area contributed by atoms with Crippen LogP contribution in [0.25, 0.3) is 16.4 Å². The van der Waals surface area contributed by atoms with E-state index in [4.69, 9.17) is 59.3 Å². The Morgan fingerprint density at radius 1 is 1.05 bits per heavy atom. The van der Waals surface area contributed by atoms with Crippen LogP contribution in [0.15, 0.2) is 31.9 Å². The topological polar surface area (TPSA) is 13.1 Å². The fourth-order valence-corrected chi connectivity index (χ4v) is 2.30. The number of rotatable bonds is 2. The average molecular weight is 318 g/mol. The van der Waals surface area contributed by atoms with Crippen molar-refractivity contribution in [2.75, 3.05) is 0 Å². The molecular formula is C12H2B7BrO. The second kappa shape index (κ2) is 6.12. The minimum absolute atomic E-state index is 0.104. The van der Waals surface area contributed by atoms with Crippen molar-refractivity contribution in [1.29, 1.82) is 0 Å². The van der Waals surface area contributed by atoms with Crippen molar-refractivity contribution >= 4 is 104 Å². The maximum atomic E-state index is 5.93. The number of allylic oxidation sites excluding steroid dienone is 2. The monoisotopic (exact) mass is 318 g/mol. The first-order valence-electron chi connectivity index (χ1n) is 5.78. The Kier molecular flexibility index (Phi) is 4.82. The number of benzene rings is 1. The molecular weight excluding hydrogens is 316 g/mol. The van der Waals surface area contributed by atoms with Crippen molar-refractivity contribution in [2.45, 2.75) is 0 Å². The van der Waals surface area contributed by atoms with Gasteiger partial charge in [0.15, 0.2) is 0 Å². The maximum Gasteiger partial charge on any atom is 0.147 e. The van der Waals surface area contributed by atoms with Crippen LogP contribution in [0.2, 0.25) is 0 Å². The molecule has 2 rings (SSSR count). The number of furan rings is 1. The van der Waals surface area contributed by atoms with Crippen molar-refractivity contribution in [3.05, 3.63) is 33.2 Å². The van der Waals surface area contributed by atoms with Gasteiger partial charge in [0, 0.05) is 5.39 Å². The molecule has 0 unspecified atom stereocenters. The van der Waals surface area contributed by atoms with Gasteiger partial charge in [-0.2, -0.15) is 0 Å². The van der Waals surface area contributed by atoms with E-state index in [9.17, 15) is 0 Å². The molecule has 0 spiro atoms. The molecule has 0 aliphatic rings. The van der Waals surface area contributed by atoms with Crippen LogP contribution in [0.3, 0.4) is 0 Å². The molecule has 1 heterocycles. The van der Waals surface area contributed by atoms with Gasteiger partial charge in [0.05, 0.1) is 4.47 Å². The van der Waals surface area contributed by atoms with Crippen LogP contribution in [0, 0.1) is 0 Å². The molecule has 21 heavy (non-hydrogen) atoms.